The molecule has 0 aromatic heterocycles. The number of carbonyl (C=O) groups is 1. The van der Waals surface area contributed by atoms with Crippen LogP contribution >= 0.6 is 24.8 Å². The molecule has 0 aliphatic heterocycles. The number of carbonyl (C=O) groups excluding carboxylic acids is 1. The molecular formula is C33H46O3S2. The lowest BCUT2D eigenvalue weighted by Gasteiger charge is -2.19. The first-order valence-electron chi connectivity index (χ1n) is 13.0. The fourth-order valence-electron chi connectivity index (χ4n) is 2.51. The Balaban J connectivity index is 0.000000659. The van der Waals surface area contributed by atoms with Crippen LogP contribution in [0.5, 0.6) is 5.75 Å². The second-order valence-electron chi connectivity index (χ2n) is 11.2. The highest BCUT2D eigenvalue weighted by atomic mass is 32.1. The second-order valence-corrected chi connectivity index (χ2v) is 12.0. The summed E-state index contributed by atoms with van der Waals surface area (Å²) in [6.07, 6.45) is 0. The Morgan fingerprint density at radius 3 is 1.61 bits per heavy atom. The Kier molecular flexibility index (Phi) is 17.3. The minimum Gasteiger partial charge on any atom is -0.508 e. The van der Waals surface area contributed by atoms with Gasteiger partial charge in [-0.25, -0.2) is 0 Å². The van der Waals surface area contributed by atoms with E-state index in [9.17, 15) is 9.90 Å². The Morgan fingerprint density at radius 1 is 0.789 bits per heavy atom. The molecule has 0 heterocycles. The van der Waals surface area contributed by atoms with Crippen LogP contribution in [0.2, 0.25) is 0 Å². The molecule has 0 bridgehead atoms. The van der Waals surface area contributed by atoms with Crippen molar-refractivity contribution in [2.45, 2.75) is 74.3 Å². The summed E-state index contributed by atoms with van der Waals surface area (Å²) in [5, 5.41) is 9.51. The van der Waals surface area contributed by atoms with E-state index in [4.69, 9.17) is 17.0 Å². The van der Waals surface area contributed by atoms with Gasteiger partial charge in [-0.2, -0.15) is 0 Å². The largest absolute Gasteiger partial charge is 0.508 e. The van der Waals surface area contributed by atoms with Gasteiger partial charge in [0.1, 0.15) is 12.4 Å². The van der Waals surface area contributed by atoms with E-state index in [-0.39, 0.29) is 16.3 Å². The summed E-state index contributed by atoms with van der Waals surface area (Å²) in [6.45, 7) is 20.0. The predicted molar refractivity (Wildman–Crippen MR) is 171 cm³/mol. The van der Waals surface area contributed by atoms with Gasteiger partial charge in [0.15, 0.2) is 5.05 Å². The number of phenols is 1. The van der Waals surface area contributed by atoms with Gasteiger partial charge in [-0.1, -0.05) is 117 Å². The zero-order chi connectivity index (χ0) is 29.3. The number of phenolic OH excluding ortho intramolecular Hbond substituents is 1. The molecule has 3 nitrogen and oxygen atoms in total. The number of hydrogen-bond donors (Lipinski definition) is 2. The van der Waals surface area contributed by atoms with Crippen molar-refractivity contribution < 1.29 is 14.6 Å². The van der Waals surface area contributed by atoms with E-state index in [0.717, 1.165) is 23.0 Å². The molecular weight excluding hydrogens is 508 g/mol. The molecule has 0 saturated carbocycles. The maximum Gasteiger partial charge on any atom is 0.216 e. The topological polar surface area (TPSA) is 46.5 Å². The molecule has 3 aromatic rings. The van der Waals surface area contributed by atoms with Crippen LogP contribution in [-0.2, 0) is 16.8 Å². The molecule has 0 unspecified atom stereocenters. The van der Waals surface area contributed by atoms with E-state index in [1.807, 2.05) is 18.2 Å². The van der Waals surface area contributed by atoms with Gasteiger partial charge in [0, 0.05) is 11.1 Å². The van der Waals surface area contributed by atoms with Gasteiger partial charge in [0.05, 0.1) is 0 Å². The van der Waals surface area contributed by atoms with Crippen molar-refractivity contribution in [1.29, 1.82) is 0 Å². The molecule has 0 aliphatic rings. The van der Waals surface area contributed by atoms with Gasteiger partial charge in [-0.05, 0) is 64.9 Å². The molecule has 0 atom stereocenters. The Bertz CT molecular complexity index is 1040. The highest BCUT2D eigenvalue weighted by Gasteiger charge is 2.13. The van der Waals surface area contributed by atoms with Gasteiger partial charge in [0.2, 0.25) is 5.12 Å². The molecule has 5 heteroatoms. The maximum absolute atomic E-state index is 10.5. The predicted octanol–water partition coefficient (Wildman–Crippen LogP) is 9.66. The highest BCUT2D eigenvalue weighted by Crippen LogP contribution is 2.22. The lowest BCUT2D eigenvalue weighted by atomic mass is 9.87. The Hall–Kier alpha value is -2.63. The van der Waals surface area contributed by atoms with Crippen LogP contribution < -0.4 is 0 Å². The van der Waals surface area contributed by atoms with E-state index < -0.39 is 0 Å². The number of aromatic hydroxyl groups is 1. The SMILES string of the molecule is CC(C)(C)c1ccc(COC(=S)c2ccc(O)cc2)cc1.CC(C)C.CC(C)C.O=C(S)c1ccccc1. The summed E-state index contributed by atoms with van der Waals surface area (Å²) in [6, 6.07) is 24.0. The summed E-state index contributed by atoms with van der Waals surface area (Å²) in [4.78, 5) is 10.5. The van der Waals surface area contributed by atoms with Crippen molar-refractivity contribution in [3.05, 3.63) is 101 Å². The number of thiol groups is 1. The van der Waals surface area contributed by atoms with Crippen molar-refractivity contribution in [1.82, 2.24) is 0 Å². The summed E-state index contributed by atoms with van der Waals surface area (Å²) in [7, 11) is 0. The van der Waals surface area contributed by atoms with Gasteiger partial charge in [0.25, 0.3) is 0 Å². The van der Waals surface area contributed by atoms with Crippen LogP contribution in [-0.4, -0.2) is 15.3 Å². The van der Waals surface area contributed by atoms with Crippen molar-refractivity contribution in [3.8, 4) is 5.75 Å². The third-order valence-electron chi connectivity index (χ3n) is 4.31. The van der Waals surface area contributed by atoms with Crippen LogP contribution in [0.15, 0.2) is 78.9 Å². The molecule has 0 aliphatic carbocycles. The average Bonchev–Trinajstić information content (AvgIpc) is 2.83. The van der Waals surface area contributed by atoms with Gasteiger partial charge < -0.3 is 9.84 Å². The Morgan fingerprint density at radius 2 is 1.24 bits per heavy atom. The monoisotopic (exact) mass is 554 g/mol. The number of hydrogen-bond acceptors (Lipinski definition) is 4. The molecule has 3 rings (SSSR count). The number of rotatable bonds is 4. The minimum atomic E-state index is -0.185. The fraction of sp³-hybridized carbons (Fsp3) is 0.394. The summed E-state index contributed by atoms with van der Waals surface area (Å²) in [5.41, 5.74) is 3.98. The minimum absolute atomic E-state index is 0.154. The van der Waals surface area contributed by atoms with E-state index >= 15 is 0 Å². The molecule has 1 N–H and O–H groups in total. The summed E-state index contributed by atoms with van der Waals surface area (Å²) >= 11 is 8.89. The fourth-order valence-corrected chi connectivity index (χ4v) is 2.86. The van der Waals surface area contributed by atoms with Crippen molar-refractivity contribution in [2.75, 3.05) is 0 Å². The van der Waals surface area contributed by atoms with Crippen LogP contribution in [0.3, 0.4) is 0 Å². The number of thiocarbonyl (C=S) groups is 1. The van der Waals surface area contributed by atoms with E-state index in [0.29, 0.717) is 17.2 Å². The van der Waals surface area contributed by atoms with E-state index in [2.05, 4.69) is 99.2 Å². The normalized spacial score (nSPS) is 10.2. The molecule has 38 heavy (non-hydrogen) atoms. The molecule has 0 amide bonds. The Labute approximate surface area is 242 Å². The van der Waals surface area contributed by atoms with Crippen molar-refractivity contribution in [3.63, 3.8) is 0 Å². The molecule has 0 spiro atoms. The quantitative estimate of drug-likeness (QED) is 0.249. The first-order valence-corrected chi connectivity index (χ1v) is 13.8. The van der Waals surface area contributed by atoms with E-state index in [1.54, 1.807) is 36.4 Å². The first-order chi connectivity index (χ1) is 17.6. The van der Waals surface area contributed by atoms with Crippen molar-refractivity contribution >= 4 is 35.0 Å². The zero-order valence-corrected chi connectivity index (χ0v) is 26.2. The molecule has 3 aromatic carbocycles. The van der Waals surface area contributed by atoms with Gasteiger partial charge >= 0.3 is 0 Å². The number of benzene rings is 3. The standard InChI is InChI=1S/C18H20O2S.C7H6OS.2C4H10/c1-18(2,3)15-8-4-13(5-9-15)12-20-17(21)14-6-10-16(19)11-7-14;8-7(9)6-4-2-1-3-5-6;2*1-4(2)3/h4-11,19H,12H2,1-3H3;1-5H,(H,8,9);2*4H,1-3H3. The third kappa shape index (κ3) is 17.8. The molecule has 208 valence electrons. The molecule has 0 fully saturated rings. The summed E-state index contributed by atoms with van der Waals surface area (Å²) < 4.78 is 5.63. The highest BCUT2D eigenvalue weighted by molar-refractivity contribution is 7.97. The smallest absolute Gasteiger partial charge is 0.216 e. The lowest BCUT2D eigenvalue weighted by molar-refractivity contribution is 0.109. The molecule has 0 radical (unpaired) electrons. The summed E-state index contributed by atoms with van der Waals surface area (Å²) in [5.74, 6) is 1.89. The van der Waals surface area contributed by atoms with Gasteiger partial charge in [-0.3, -0.25) is 4.79 Å². The van der Waals surface area contributed by atoms with Gasteiger partial charge in [-0.15, -0.1) is 12.6 Å². The first kappa shape index (κ1) is 35.4. The lowest BCUT2D eigenvalue weighted by Crippen LogP contribution is -2.11. The van der Waals surface area contributed by atoms with Crippen molar-refractivity contribution in [2.24, 2.45) is 11.8 Å². The third-order valence-corrected chi connectivity index (χ3v) is 4.93. The second kappa shape index (κ2) is 18.6. The van der Waals surface area contributed by atoms with Crippen LogP contribution in [0.4, 0.5) is 0 Å². The number of ether oxygens (including phenoxy) is 1. The maximum atomic E-state index is 10.5. The zero-order valence-electron chi connectivity index (χ0n) is 24.5. The van der Waals surface area contributed by atoms with Crippen LogP contribution in [0, 0.1) is 11.8 Å². The van der Waals surface area contributed by atoms with E-state index in [1.165, 1.54) is 5.56 Å². The van der Waals surface area contributed by atoms with Crippen LogP contribution in [0.25, 0.3) is 0 Å². The molecule has 0 saturated heterocycles. The average molecular weight is 555 g/mol. The van der Waals surface area contributed by atoms with Crippen LogP contribution in [0.1, 0.15) is 89.4 Å².